The minimum Gasteiger partial charge on any atom is -0.406 e. The van der Waals surface area contributed by atoms with Crippen molar-refractivity contribution in [2.45, 2.75) is 20.2 Å². The number of benzene rings is 1. The van der Waals surface area contributed by atoms with Crippen LogP contribution in [0.15, 0.2) is 24.3 Å². The number of carbonyl (C=O) groups is 1. The molecule has 0 spiro atoms. The number of hydrogen-bond acceptors (Lipinski definition) is 2. The quantitative estimate of drug-likeness (QED) is 0.836. The zero-order valence-corrected chi connectivity index (χ0v) is 10.3. The SMILES string of the molecule is CC(C)C(=O)N(C)c1ccc(OC(F)(F)F)cc1. The van der Waals surface area contributed by atoms with Crippen molar-refractivity contribution in [1.29, 1.82) is 0 Å². The average molecular weight is 261 g/mol. The van der Waals surface area contributed by atoms with Gasteiger partial charge in [-0.25, -0.2) is 0 Å². The Morgan fingerprint density at radius 3 is 2.11 bits per heavy atom. The van der Waals surface area contributed by atoms with Crippen molar-refractivity contribution in [3.8, 4) is 5.75 Å². The molecule has 0 atom stereocenters. The van der Waals surface area contributed by atoms with Crippen LogP contribution in [0, 0.1) is 5.92 Å². The zero-order chi connectivity index (χ0) is 13.9. The molecule has 0 heterocycles. The molecule has 0 saturated heterocycles. The predicted molar refractivity (Wildman–Crippen MR) is 61.4 cm³/mol. The lowest BCUT2D eigenvalue weighted by Crippen LogP contribution is -2.30. The second-order valence-electron chi connectivity index (χ2n) is 4.09. The molecule has 0 fully saturated rings. The topological polar surface area (TPSA) is 29.5 Å². The summed E-state index contributed by atoms with van der Waals surface area (Å²) in [6, 6.07) is 5.16. The highest BCUT2D eigenvalue weighted by atomic mass is 19.4. The summed E-state index contributed by atoms with van der Waals surface area (Å²) in [5.74, 6) is -0.600. The Balaban J connectivity index is 2.80. The standard InChI is InChI=1S/C12H14F3NO2/c1-8(2)11(17)16(3)9-4-6-10(7-5-9)18-12(13,14)15/h4-8H,1-3H3. The molecule has 1 aromatic carbocycles. The van der Waals surface area contributed by atoms with Crippen LogP contribution in [0.1, 0.15) is 13.8 Å². The van der Waals surface area contributed by atoms with Crippen molar-refractivity contribution in [3.63, 3.8) is 0 Å². The number of halogens is 3. The van der Waals surface area contributed by atoms with Crippen molar-refractivity contribution in [1.82, 2.24) is 0 Å². The fourth-order valence-corrected chi connectivity index (χ4v) is 1.39. The van der Waals surface area contributed by atoms with E-state index < -0.39 is 6.36 Å². The minimum atomic E-state index is -4.71. The molecular formula is C12H14F3NO2. The van der Waals surface area contributed by atoms with Crippen molar-refractivity contribution in [3.05, 3.63) is 24.3 Å². The van der Waals surface area contributed by atoms with Gasteiger partial charge in [-0.1, -0.05) is 13.8 Å². The van der Waals surface area contributed by atoms with Crippen LogP contribution in [-0.4, -0.2) is 19.3 Å². The Kier molecular flexibility index (Phi) is 4.21. The van der Waals surface area contributed by atoms with E-state index in [2.05, 4.69) is 4.74 Å². The van der Waals surface area contributed by atoms with Crippen molar-refractivity contribution in [2.24, 2.45) is 5.92 Å². The summed E-state index contributed by atoms with van der Waals surface area (Å²) in [7, 11) is 1.57. The molecule has 1 aromatic rings. The Morgan fingerprint density at radius 1 is 1.22 bits per heavy atom. The Morgan fingerprint density at radius 2 is 1.72 bits per heavy atom. The molecule has 100 valence electrons. The molecule has 1 rings (SSSR count). The lowest BCUT2D eigenvalue weighted by molar-refractivity contribution is -0.274. The van der Waals surface area contributed by atoms with Crippen LogP contribution < -0.4 is 9.64 Å². The summed E-state index contributed by atoms with van der Waals surface area (Å²) < 4.78 is 39.6. The number of rotatable bonds is 3. The van der Waals surface area contributed by atoms with Gasteiger partial charge in [-0.3, -0.25) is 4.79 Å². The second kappa shape index (κ2) is 5.29. The Labute approximate surface area is 103 Å². The lowest BCUT2D eigenvalue weighted by atomic mass is 10.2. The van der Waals surface area contributed by atoms with Crippen LogP contribution in [0.25, 0.3) is 0 Å². The number of nitrogens with zero attached hydrogens (tertiary/aromatic N) is 1. The Bertz CT molecular complexity index is 412. The highest BCUT2D eigenvalue weighted by Crippen LogP contribution is 2.25. The molecule has 0 N–H and O–H groups in total. The van der Waals surface area contributed by atoms with Crippen LogP contribution >= 0.6 is 0 Å². The number of anilines is 1. The molecule has 0 aromatic heterocycles. The molecule has 6 heteroatoms. The summed E-state index contributed by atoms with van der Waals surface area (Å²) in [5, 5.41) is 0. The van der Waals surface area contributed by atoms with Crippen LogP contribution in [0.5, 0.6) is 5.75 Å². The molecule has 0 unspecified atom stereocenters. The van der Waals surface area contributed by atoms with Crippen molar-refractivity contribution >= 4 is 11.6 Å². The van der Waals surface area contributed by atoms with Gasteiger partial charge in [0.1, 0.15) is 5.75 Å². The van der Waals surface area contributed by atoms with E-state index in [1.165, 1.54) is 29.2 Å². The van der Waals surface area contributed by atoms with E-state index in [1.807, 2.05) is 0 Å². The van der Waals surface area contributed by atoms with Gasteiger partial charge in [-0.05, 0) is 24.3 Å². The number of alkyl halides is 3. The normalized spacial score (nSPS) is 11.5. The summed E-state index contributed by atoms with van der Waals surface area (Å²) >= 11 is 0. The first-order chi connectivity index (χ1) is 8.20. The number of ether oxygens (including phenoxy) is 1. The third-order valence-electron chi connectivity index (χ3n) is 2.28. The van der Waals surface area contributed by atoms with Gasteiger partial charge in [-0.2, -0.15) is 0 Å². The van der Waals surface area contributed by atoms with Gasteiger partial charge in [0, 0.05) is 18.7 Å². The fourth-order valence-electron chi connectivity index (χ4n) is 1.39. The van der Waals surface area contributed by atoms with Gasteiger partial charge in [0.25, 0.3) is 0 Å². The van der Waals surface area contributed by atoms with E-state index in [-0.39, 0.29) is 17.6 Å². The number of amides is 1. The van der Waals surface area contributed by atoms with E-state index >= 15 is 0 Å². The summed E-state index contributed by atoms with van der Waals surface area (Å²) in [5.41, 5.74) is 0.517. The highest BCUT2D eigenvalue weighted by molar-refractivity contribution is 5.94. The molecule has 0 aliphatic rings. The molecule has 0 aliphatic heterocycles. The van der Waals surface area contributed by atoms with Gasteiger partial charge in [0.05, 0.1) is 0 Å². The third-order valence-corrected chi connectivity index (χ3v) is 2.28. The lowest BCUT2D eigenvalue weighted by Gasteiger charge is -2.19. The van der Waals surface area contributed by atoms with Crippen molar-refractivity contribution in [2.75, 3.05) is 11.9 Å². The van der Waals surface area contributed by atoms with Gasteiger partial charge in [0.2, 0.25) is 5.91 Å². The second-order valence-corrected chi connectivity index (χ2v) is 4.09. The van der Waals surface area contributed by atoms with E-state index in [0.717, 1.165) is 0 Å². The van der Waals surface area contributed by atoms with Crippen molar-refractivity contribution < 1.29 is 22.7 Å². The summed E-state index contributed by atoms with van der Waals surface area (Å²) in [6.07, 6.45) is -4.71. The Hall–Kier alpha value is -1.72. The number of carbonyl (C=O) groups excluding carboxylic acids is 1. The molecular weight excluding hydrogens is 247 g/mol. The highest BCUT2D eigenvalue weighted by Gasteiger charge is 2.31. The maximum absolute atomic E-state index is 11.9. The maximum atomic E-state index is 11.9. The molecule has 0 bridgehead atoms. The molecule has 18 heavy (non-hydrogen) atoms. The van der Waals surface area contributed by atoms with Gasteiger partial charge in [-0.15, -0.1) is 13.2 Å². The molecule has 0 saturated carbocycles. The van der Waals surface area contributed by atoms with E-state index in [0.29, 0.717) is 5.69 Å². The van der Waals surface area contributed by atoms with E-state index in [4.69, 9.17) is 0 Å². The average Bonchev–Trinajstić information content (AvgIpc) is 2.26. The number of hydrogen-bond donors (Lipinski definition) is 0. The van der Waals surface area contributed by atoms with Crippen LogP contribution in [0.3, 0.4) is 0 Å². The molecule has 0 radical (unpaired) electrons. The predicted octanol–water partition coefficient (Wildman–Crippen LogP) is 3.20. The molecule has 3 nitrogen and oxygen atoms in total. The van der Waals surface area contributed by atoms with Crippen LogP contribution in [0.4, 0.5) is 18.9 Å². The first kappa shape index (κ1) is 14.3. The van der Waals surface area contributed by atoms with E-state index in [9.17, 15) is 18.0 Å². The van der Waals surface area contributed by atoms with Gasteiger partial charge < -0.3 is 9.64 Å². The van der Waals surface area contributed by atoms with E-state index in [1.54, 1.807) is 20.9 Å². The third kappa shape index (κ3) is 3.94. The smallest absolute Gasteiger partial charge is 0.406 e. The maximum Gasteiger partial charge on any atom is 0.573 e. The monoisotopic (exact) mass is 261 g/mol. The fraction of sp³-hybridized carbons (Fsp3) is 0.417. The zero-order valence-electron chi connectivity index (χ0n) is 10.3. The van der Waals surface area contributed by atoms with Crippen LogP contribution in [-0.2, 0) is 4.79 Å². The van der Waals surface area contributed by atoms with Gasteiger partial charge >= 0.3 is 6.36 Å². The first-order valence-electron chi connectivity index (χ1n) is 5.34. The summed E-state index contributed by atoms with van der Waals surface area (Å²) in [6.45, 7) is 3.50. The minimum absolute atomic E-state index is 0.112. The van der Waals surface area contributed by atoms with Crippen LogP contribution in [0.2, 0.25) is 0 Å². The molecule has 1 amide bonds. The van der Waals surface area contributed by atoms with Gasteiger partial charge in [0.15, 0.2) is 0 Å². The summed E-state index contributed by atoms with van der Waals surface area (Å²) in [4.78, 5) is 13.1. The first-order valence-corrected chi connectivity index (χ1v) is 5.34. The molecule has 0 aliphatic carbocycles. The largest absolute Gasteiger partial charge is 0.573 e.